The number of benzene rings is 1. The molecule has 0 saturated carbocycles. The Morgan fingerprint density at radius 2 is 1.94 bits per heavy atom. The molecule has 4 nitrogen and oxygen atoms in total. The SMILES string of the molecule is CCOCOc1c(Br)cc(CNC)cc1OCC. The van der Waals surface area contributed by atoms with Crippen molar-refractivity contribution in [3.63, 3.8) is 0 Å². The molecule has 1 N–H and O–H groups in total. The van der Waals surface area contributed by atoms with Crippen LogP contribution in [0.1, 0.15) is 19.4 Å². The van der Waals surface area contributed by atoms with Crippen LogP contribution in [0.3, 0.4) is 0 Å². The Hall–Kier alpha value is -0.780. The molecule has 0 aliphatic carbocycles. The van der Waals surface area contributed by atoms with Crippen LogP contribution >= 0.6 is 15.9 Å². The van der Waals surface area contributed by atoms with Crippen molar-refractivity contribution in [2.45, 2.75) is 20.4 Å². The molecule has 0 aliphatic heterocycles. The van der Waals surface area contributed by atoms with E-state index in [0.717, 1.165) is 22.3 Å². The van der Waals surface area contributed by atoms with Crippen LogP contribution in [0, 0.1) is 0 Å². The average molecular weight is 318 g/mol. The molecule has 0 unspecified atom stereocenters. The van der Waals surface area contributed by atoms with Gasteiger partial charge in [-0.15, -0.1) is 0 Å². The van der Waals surface area contributed by atoms with Crippen LogP contribution in [-0.2, 0) is 11.3 Å². The van der Waals surface area contributed by atoms with Gasteiger partial charge in [-0.1, -0.05) is 0 Å². The number of hydrogen-bond acceptors (Lipinski definition) is 4. The van der Waals surface area contributed by atoms with E-state index in [4.69, 9.17) is 14.2 Å². The summed E-state index contributed by atoms with van der Waals surface area (Å²) in [5.74, 6) is 1.42. The Morgan fingerprint density at radius 1 is 1.17 bits per heavy atom. The first-order chi connectivity index (χ1) is 8.72. The van der Waals surface area contributed by atoms with Crippen LogP contribution in [0.4, 0.5) is 0 Å². The Balaban J connectivity index is 2.90. The Labute approximate surface area is 117 Å². The van der Waals surface area contributed by atoms with Crippen LogP contribution in [0.2, 0.25) is 0 Å². The maximum Gasteiger partial charge on any atom is 0.189 e. The van der Waals surface area contributed by atoms with Gasteiger partial charge in [0.2, 0.25) is 0 Å². The van der Waals surface area contributed by atoms with Crippen molar-refractivity contribution >= 4 is 15.9 Å². The quantitative estimate of drug-likeness (QED) is 0.591. The summed E-state index contributed by atoms with van der Waals surface area (Å²) < 4.78 is 17.2. The molecule has 0 bridgehead atoms. The first kappa shape index (κ1) is 15.3. The highest BCUT2D eigenvalue weighted by Gasteiger charge is 2.12. The molecule has 0 heterocycles. The first-order valence-corrected chi connectivity index (χ1v) is 6.82. The van der Waals surface area contributed by atoms with Crippen LogP contribution in [0.25, 0.3) is 0 Å². The average Bonchev–Trinajstić information content (AvgIpc) is 2.33. The lowest BCUT2D eigenvalue weighted by atomic mass is 10.2. The van der Waals surface area contributed by atoms with Gasteiger partial charge in [-0.25, -0.2) is 0 Å². The van der Waals surface area contributed by atoms with E-state index >= 15 is 0 Å². The second-order valence-corrected chi connectivity index (χ2v) is 4.48. The van der Waals surface area contributed by atoms with Gasteiger partial charge in [0.1, 0.15) is 0 Å². The molecule has 102 valence electrons. The molecule has 0 atom stereocenters. The molecule has 0 radical (unpaired) electrons. The Morgan fingerprint density at radius 3 is 2.56 bits per heavy atom. The van der Waals surface area contributed by atoms with E-state index in [1.807, 2.05) is 33.0 Å². The summed E-state index contributed by atoms with van der Waals surface area (Å²) in [5.41, 5.74) is 1.14. The number of halogens is 1. The zero-order valence-corrected chi connectivity index (χ0v) is 12.7. The Bertz CT molecular complexity index is 371. The van der Waals surface area contributed by atoms with Crippen molar-refractivity contribution in [3.05, 3.63) is 22.2 Å². The molecular formula is C13H20BrNO3. The summed E-state index contributed by atoms with van der Waals surface area (Å²) >= 11 is 3.50. The van der Waals surface area contributed by atoms with Crippen molar-refractivity contribution in [2.24, 2.45) is 0 Å². The zero-order chi connectivity index (χ0) is 13.4. The van der Waals surface area contributed by atoms with Gasteiger partial charge >= 0.3 is 0 Å². The number of rotatable bonds is 8. The van der Waals surface area contributed by atoms with Gasteiger partial charge in [0.15, 0.2) is 18.3 Å². The molecule has 0 aromatic heterocycles. The molecule has 18 heavy (non-hydrogen) atoms. The summed E-state index contributed by atoms with van der Waals surface area (Å²) in [5, 5.41) is 3.11. The van der Waals surface area contributed by atoms with Crippen LogP contribution in [0.15, 0.2) is 16.6 Å². The fourth-order valence-corrected chi connectivity index (χ4v) is 2.12. The van der Waals surface area contributed by atoms with E-state index in [0.29, 0.717) is 19.0 Å². The van der Waals surface area contributed by atoms with Gasteiger partial charge in [0, 0.05) is 13.2 Å². The zero-order valence-electron chi connectivity index (χ0n) is 11.1. The molecule has 0 fully saturated rings. The highest BCUT2D eigenvalue weighted by atomic mass is 79.9. The highest BCUT2D eigenvalue weighted by Crippen LogP contribution is 2.36. The minimum atomic E-state index is 0.223. The molecule has 0 saturated heterocycles. The van der Waals surface area contributed by atoms with Gasteiger partial charge in [-0.3, -0.25) is 0 Å². The second-order valence-electron chi connectivity index (χ2n) is 3.62. The van der Waals surface area contributed by atoms with Gasteiger partial charge in [0.05, 0.1) is 11.1 Å². The van der Waals surface area contributed by atoms with Crippen LogP contribution in [-0.4, -0.2) is 27.1 Å². The minimum Gasteiger partial charge on any atom is -0.490 e. The lowest BCUT2D eigenvalue weighted by Crippen LogP contribution is -2.08. The predicted molar refractivity (Wildman–Crippen MR) is 75.2 cm³/mol. The van der Waals surface area contributed by atoms with E-state index in [1.54, 1.807) is 0 Å². The maximum absolute atomic E-state index is 5.60. The standard InChI is InChI=1S/C13H20BrNO3/c1-4-16-9-18-13-11(14)6-10(8-15-3)7-12(13)17-5-2/h6-7,15H,4-5,8-9H2,1-3H3. The van der Waals surface area contributed by atoms with E-state index < -0.39 is 0 Å². The smallest absolute Gasteiger partial charge is 0.189 e. The summed E-state index contributed by atoms with van der Waals surface area (Å²) in [6.45, 7) is 6.10. The third-order valence-corrected chi connectivity index (χ3v) is 2.83. The van der Waals surface area contributed by atoms with Crippen LogP contribution < -0.4 is 14.8 Å². The number of ether oxygens (including phenoxy) is 3. The molecule has 0 aliphatic rings. The van der Waals surface area contributed by atoms with Gasteiger partial charge in [0.25, 0.3) is 0 Å². The number of nitrogens with one attached hydrogen (secondary N) is 1. The monoisotopic (exact) mass is 317 g/mol. The topological polar surface area (TPSA) is 39.7 Å². The van der Waals surface area contributed by atoms with Crippen LogP contribution in [0.5, 0.6) is 11.5 Å². The molecule has 0 amide bonds. The van der Waals surface area contributed by atoms with Crippen molar-refractivity contribution in [2.75, 3.05) is 27.1 Å². The predicted octanol–water partition coefficient (Wildman–Crippen LogP) is 2.94. The fraction of sp³-hybridized carbons (Fsp3) is 0.538. The normalized spacial score (nSPS) is 10.4. The molecule has 1 aromatic rings. The van der Waals surface area contributed by atoms with E-state index in [2.05, 4.69) is 21.2 Å². The highest BCUT2D eigenvalue weighted by molar-refractivity contribution is 9.10. The summed E-state index contributed by atoms with van der Waals surface area (Å²) in [4.78, 5) is 0. The lowest BCUT2D eigenvalue weighted by molar-refractivity contribution is 0.0201. The molecule has 0 spiro atoms. The van der Waals surface area contributed by atoms with E-state index in [1.165, 1.54) is 0 Å². The first-order valence-electron chi connectivity index (χ1n) is 6.03. The number of hydrogen-bond donors (Lipinski definition) is 1. The second kappa shape index (κ2) is 8.34. The largest absolute Gasteiger partial charge is 0.490 e. The molecular weight excluding hydrogens is 298 g/mol. The van der Waals surface area contributed by atoms with Crippen molar-refractivity contribution < 1.29 is 14.2 Å². The maximum atomic E-state index is 5.60. The lowest BCUT2D eigenvalue weighted by Gasteiger charge is -2.15. The summed E-state index contributed by atoms with van der Waals surface area (Å²) in [6, 6.07) is 3.99. The van der Waals surface area contributed by atoms with Crippen molar-refractivity contribution in [1.82, 2.24) is 5.32 Å². The Kier molecular flexibility index (Phi) is 7.08. The third kappa shape index (κ3) is 4.48. The van der Waals surface area contributed by atoms with Crippen molar-refractivity contribution in [3.8, 4) is 11.5 Å². The summed E-state index contributed by atoms with van der Waals surface area (Å²) in [6.07, 6.45) is 0. The molecule has 5 heteroatoms. The van der Waals surface area contributed by atoms with Gasteiger partial charge in [-0.05, 0) is 54.5 Å². The van der Waals surface area contributed by atoms with Crippen molar-refractivity contribution in [1.29, 1.82) is 0 Å². The van der Waals surface area contributed by atoms with Gasteiger partial charge in [-0.2, -0.15) is 0 Å². The minimum absolute atomic E-state index is 0.223. The van der Waals surface area contributed by atoms with Gasteiger partial charge < -0.3 is 19.5 Å². The van der Waals surface area contributed by atoms with E-state index in [-0.39, 0.29) is 6.79 Å². The molecule has 1 aromatic carbocycles. The summed E-state index contributed by atoms with van der Waals surface area (Å²) in [7, 11) is 1.91. The fourth-order valence-electron chi connectivity index (χ4n) is 1.51. The third-order valence-electron chi connectivity index (χ3n) is 2.24. The molecule has 1 rings (SSSR count). The van der Waals surface area contributed by atoms with E-state index in [9.17, 15) is 0 Å².